The van der Waals surface area contributed by atoms with Gasteiger partial charge in [0.15, 0.2) is 0 Å². The van der Waals surface area contributed by atoms with Gasteiger partial charge in [0.2, 0.25) is 5.91 Å². The number of carboxylic acids is 1. The van der Waals surface area contributed by atoms with Gasteiger partial charge >= 0.3 is 5.97 Å². The van der Waals surface area contributed by atoms with Crippen LogP contribution in [0.4, 0.5) is 4.39 Å². The van der Waals surface area contributed by atoms with Crippen molar-refractivity contribution in [1.29, 1.82) is 0 Å². The molecule has 1 aliphatic rings. The average Bonchev–Trinajstić information content (AvgIpc) is 2.35. The van der Waals surface area contributed by atoms with Gasteiger partial charge < -0.3 is 10.4 Å². The second-order valence-corrected chi connectivity index (χ2v) is 5.07. The molecule has 1 aromatic rings. The number of carbonyl (C=O) groups is 2. The molecule has 4 nitrogen and oxygen atoms in total. The van der Waals surface area contributed by atoms with Gasteiger partial charge in [-0.25, -0.2) is 9.18 Å². The van der Waals surface area contributed by atoms with E-state index in [2.05, 4.69) is 5.32 Å². The van der Waals surface area contributed by atoms with Crippen molar-refractivity contribution in [2.24, 2.45) is 0 Å². The lowest BCUT2D eigenvalue weighted by Crippen LogP contribution is -2.59. The first-order valence-electron chi connectivity index (χ1n) is 6.43. The fourth-order valence-electron chi connectivity index (χ4n) is 2.11. The summed E-state index contributed by atoms with van der Waals surface area (Å²) in [5.41, 5.74) is -0.0317. The predicted molar refractivity (Wildman–Crippen MR) is 72.4 cm³/mol. The first-order valence-corrected chi connectivity index (χ1v) is 6.43. The highest BCUT2D eigenvalue weighted by molar-refractivity contribution is 6.00. The van der Waals surface area contributed by atoms with E-state index >= 15 is 0 Å². The Morgan fingerprint density at radius 1 is 1.30 bits per heavy atom. The van der Waals surface area contributed by atoms with Gasteiger partial charge in [0.05, 0.1) is 0 Å². The first-order chi connectivity index (χ1) is 9.43. The summed E-state index contributed by atoms with van der Waals surface area (Å²) in [5, 5.41) is 11.7. The van der Waals surface area contributed by atoms with Crippen LogP contribution in [-0.4, -0.2) is 22.5 Å². The van der Waals surface area contributed by atoms with Crippen LogP contribution < -0.4 is 5.32 Å². The molecule has 5 heteroatoms. The summed E-state index contributed by atoms with van der Waals surface area (Å²) in [6.45, 7) is 1.60. The maximum Gasteiger partial charge on any atom is 0.329 e. The van der Waals surface area contributed by atoms with Gasteiger partial charge in [-0.1, -0.05) is 12.1 Å². The van der Waals surface area contributed by atoms with Gasteiger partial charge in [0.25, 0.3) is 0 Å². The SMILES string of the molecule is C/C(=C/c1ccc(F)cc1)C(=O)NC1(C(=O)O)CCC1. The Kier molecular flexibility index (Phi) is 3.88. The van der Waals surface area contributed by atoms with Crippen LogP contribution in [0, 0.1) is 5.82 Å². The van der Waals surface area contributed by atoms with Crippen LogP contribution in [0.2, 0.25) is 0 Å². The van der Waals surface area contributed by atoms with Crippen LogP contribution in [0.3, 0.4) is 0 Å². The number of amides is 1. The molecule has 1 aliphatic carbocycles. The van der Waals surface area contributed by atoms with Crippen molar-refractivity contribution < 1.29 is 19.1 Å². The zero-order valence-electron chi connectivity index (χ0n) is 11.1. The van der Waals surface area contributed by atoms with E-state index in [1.807, 2.05) is 0 Å². The van der Waals surface area contributed by atoms with Crippen molar-refractivity contribution >= 4 is 18.0 Å². The summed E-state index contributed by atoms with van der Waals surface area (Å²) in [4.78, 5) is 23.2. The van der Waals surface area contributed by atoms with Gasteiger partial charge in [-0.15, -0.1) is 0 Å². The highest BCUT2D eigenvalue weighted by Crippen LogP contribution is 2.32. The van der Waals surface area contributed by atoms with E-state index in [-0.39, 0.29) is 5.82 Å². The van der Waals surface area contributed by atoms with Crippen LogP contribution in [-0.2, 0) is 9.59 Å². The van der Waals surface area contributed by atoms with E-state index in [0.717, 1.165) is 6.42 Å². The summed E-state index contributed by atoms with van der Waals surface area (Å²) in [6.07, 6.45) is 3.31. The molecule has 0 atom stereocenters. The molecule has 2 N–H and O–H groups in total. The molecule has 1 fully saturated rings. The maximum atomic E-state index is 12.8. The lowest BCUT2D eigenvalue weighted by molar-refractivity contribution is -0.151. The number of nitrogens with one attached hydrogen (secondary N) is 1. The van der Waals surface area contributed by atoms with Crippen molar-refractivity contribution in [3.05, 3.63) is 41.2 Å². The molecular formula is C15H16FNO3. The molecule has 1 aromatic carbocycles. The highest BCUT2D eigenvalue weighted by Gasteiger charge is 2.45. The summed E-state index contributed by atoms with van der Waals surface area (Å²) in [6, 6.07) is 5.73. The van der Waals surface area contributed by atoms with E-state index in [9.17, 15) is 14.0 Å². The van der Waals surface area contributed by atoms with Crippen LogP contribution in [0.1, 0.15) is 31.7 Å². The number of aliphatic carboxylic acids is 1. The minimum Gasteiger partial charge on any atom is -0.480 e. The number of benzene rings is 1. The molecule has 0 radical (unpaired) electrons. The van der Waals surface area contributed by atoms with Crippen LogP contribution in [0.15, 0.2) is 29.8 Å². The molecular weight excluding hydrogens is 261 g/mol. The molecule has 0 aromatic heterocycles. The summed E-state index contributed by atoms with van der Waals surface area (Å²) in [5.74, 6) is -1.74. The predicted octanol–water partition coefficient (Wildman–Crippen LogP) is 2.35. The zero-order valence-corrected chi connectivity index (χ0v) is 11.1. The summed E-state index contributed by atoms with van der Waals surface area (Å²) in [7, 11) is 0. The van der Waals surface area contributed by atoms with Crippen LogP contribution >= 0.6 is 0 Å². The first kappa shape index (κ1) is 14.2. The number of halogens is 1. The van der Waals surface area contributed by atoms with Gasteiger partial charge in [0, 0.05) is 5.57 Å². The standard InChI is InChI=1S/C15H16FNO3/c1-10(9-11-3-5-12(16)6-4-11)13(18)17-15(14(19)20)7-2-8-15/h3-6,9H,2,7-8H2,1H3,(H,17,18)(H,19,20)/b10-9-. The lowest BCUT2D eigenvalue weighted by atomic mass is 9.76. The fourth-order valence-corrected chi connectivity index (χ4v) is 2.11. The Morgan fingerprint density at radius 2 is 1.90 bits per heavy atom. The van der Waals surface area contributed by atoms with Crippen molar-refractivity contribution in [2.75, 3.05) is 0 Å². The van der Waals surface area contributed by atoms with E-state index in [1.54, 1.807) is 25.1 Å². The number of carbonyl (C=O) groups excluding carboxylic acids is 1. The third-order valence-corrected chi connectivity index (χ3v) is 3.58. The number of hydrogen-bond donors (Lipinski definition) is 2. The summed E-state index contributed by atoms with van der Waals surface area (Å²) < 4.78 is 12.8. The number of carboxylic acid groups (broad SMARTS) is 1. The third-order valence-electron chi connectivity index (χ3n) is 3.58. The molecule has 0 bridgehead atoms. The molecule has 2 rings (SSSR count). The Labute approximate surface area is 116 Å². The van der Waals surface area contributed by atoms with Gasteiger partial charge in [-0.2, -0.15) is 0 Å². The maximum absolute atomic E-state index is 12.8. The van der Waals surface area contributed by atoms with Gasteiger partial charge in [-0.3, -0.25) is 4.79 Å². The molecule has 0 aliphatic heterocycles. The van der Waals surface area contributed by atoms with Crippen molar-refractivity contribution in [3.63, 3.8) is 0 Å². The number of rotatable bonds is 4. The molecule has 0 spiro atoms. The van der Waals surface area contributed by atoms with E-state index < -0.39 is 17.4 Å². The molecule has 0 unspecified atom stereocenters. The van der Waals surface area contributed by atoms with Gasteiger partial charge in [0.1, 0.15) is 11.4 Å². The molecule has 0 heterocycles. The lowest BCUT2D eigenvalue weighted by Gasteiger charge is -2.38. The third kappa shape index (κ3) is 2.87. The monoisotopic (exact) mass is 277 g/mol. The fraction of sp³-hybridized carbons (Fsp3) is 0.333. The molecule has 0 saturated heterocycles. The quantitative estimate of drug-likeness (QED) is 0.830. The van der Waals surface area contributed by atoms with Crippen LogP contribution in [0.25, 0.3) is 6.08 Å². The summed E-state index contributed by atoms with van der Waals surface area (Å²) >= 11 is 0. The minimum atomic E-state index is -1.12. The van der Waals surface area contributed by atoms with Crippen molar-refractivity contribution in [2.45, 2.75) is 31.7 Å². The largest absolute Gasteiger partial charge is 0.480 e. The molecule has 20 heavy (non-hydrogen) atoms. The van der Waals surface area contributed by atoms with Crippen molar-refractivity contribution in [1.82, 2.24) is 5.32 Å². The second-order valence-electron chi connectivity index (χ2n) is 5.07. The topological polar surface area (TPSA) is 66.4 Å². The molecule has 1 amide bonds. The molecule has 1 saturated carbocycles. The van der Waals surface area contributed by atoms with Crippen molar-refractivity contribution in [3.8, 4) is 0 Å². The average molecular weight is 277 g/mol. The van der Waals surface area contributed by atoms with E-state index in [4.69, 9.17) is 5.11 Å². The zero-order chi connectivity index (χ0) is 14.8. The van der Waals surface area contributed by atoms with E-state index in [0.29, 0.717) is 24.0 Å². The second kappa shape index (κ2) is 5.45. The normalized spacial score (nSPS) is 17.2. The molecule has 106 valence electrons. The van der Waals surface area contributed by atoms with Crippen LogP contribution in [0.5, 0.6) is 0 Å². The van der Waals surface area contributed by atoms with E-state index in [1.165, 1.54) is 12.1 Å². The highest BCUT2D eigenvalue weighted by atomic mass is 19.1. The number of hydrogen-bond acceptors (Lipinski definition) is 2. The Bertz CT molecular complexity index is 559. The van der Waals surface area contributed by atoms with Gasteiger partial charge in [-0.05, 0) is 50.0 Å². The minimum absolute atomic E-state index is 0.344. The Hall–Kier alpha value is -2.17. The Balaban J connectivity index is 2.08. The smallest absolute Gasteiger partial charge is 0.329 e. The Morgan fingerprint density at radius 3 is 2.35 bits per heavy atom.